The van der Waals surface area contributed by atoms with Gasteiger partial charge in [0, 0.05) is 23.9 Å². The molecule has 1 aliphatic heterocycles. The summed E-state index contributed by atoms with van der Waals surface area (Å²) in [4.78, 5) is 26.7. The Morgan fingerprint density at radius 2 is 1.93 bits per heavy atom. The van der Waals surface area contributed by atoms with E-state index in [1.807, 2.05) is 18.2 Å². The maximum atomic E-state index is 13.1. The molecule has 0 saturated heterocycles. The van der Waals surface area contributed by atoms with Gasteiger partial charge in [-0.1, -0.05) is 23.4 Å². The average molecular weight is 380 g/mol. The zero-order valence-corrected chi connectivity index (χ0v) is 15.1. The van der Waals surface area contributed by atoms with Crippen LogP contribution in [0.25, 0.3) is 11.3 Å². The van der Waals surface area contributed by atoms with Gasteiger partial charge in [-0.25, -0.2) is 4.39 Å². The van der Waals surface area contributed by atoms with Crippen molar-refractivity contribution in [2.75, 3.05) is 18.6 Å². The van der Waals surface area contributed by atoms with Gasteiger partial charge in [-0.15, -0.1) is 0 Å². The number of aromatic nitrogens is 1. The van der Waals surface area contributed by atoms with E-state index in [1.165, 1.54) is 25.3 Å². The van der Waals surface area contributed by atoms with Crippen LogP contribution < -0.4 is 4.90 Å². The Kier molecular flexibility index (Phi) is 4.65. The van der Waals surface area contributed by atoms with Gasteiger partial charge in [0.2, 0.25) is 0 Å². The molecule has 2 aromatic carbocycles. The summed E-state index contributed by atoms with van der Waals surface area (Å²) in [6.07, 6.45) is 0.456. The van der Waals surface area contributed by atoms with E-state index in [1.54, 1.807) is 23.1 Å². The lowest BCUT2D eigenvalue weighted by Crippen LogP contribution is -2.38. The SMILES string of the molecule is COC(=O)[C@H]1CCN(C(=O)c2cc(-c3ccc(F)cc3)on2)c2ccccc21. The molecule has 1 aliphatic rings. The molecule has 2 heterocycles. The van der Waals surface area contributed by atoms with E-state index in [0.29, 0.717) is 30.0 Å². The number of methoxy groups -OCH3 is 1. The Morgan fingerprint density at radius 3 is 2.68 bits per heavy atom. The maximum Gasteiger partial charge on any atom is 0.313 e. The Labute approximate surface area is 160 Å². The van der Waals surface area contributed by atoms with E-state index in [0.717, 1.165) is 5.56 Å². The Bertz CT molecular complexity index is 1030. The van der Waals surface area contributed by atoms with E-state index in [4.69, 9.17) is 9.26 Å². The molecule has 0 bridgehead atoms. The second-order valence-electron chi connectivity index (χ2n) is 6.46. The van der Waals surface area contributed by atoms with Crippen molar-refractivity contribution in [2.24, 2.45) is 0 Å². The van der Waals surface area contributed by atoms with E-state index in [2.05, 4.69) is 5.16 Å². The third-order valence-corrected chi connectivity index (χ3v) is 4.83. The van der Waals surface area contributed by atoms with Crippen LogP contribution in [0.3, 0.4) is 0 Å². The van der Waals surface area contributed by atoms with Crippen LogP contribution in [0, 0.1) is 5.82 Å². The molecule has 0 unspecified atom stereocenters. The normalized spacial score (nSPS) is 15.8. The van der Waals surface area contributed by atoms with Gasteiger partial charge in [-0.2, -0.15) is 0 Å². The highest BCUT2D eigenvalue weighted by Crippen LogP contribution is 2.36. The molecule has 0 spiro atoms. The second kappa shape index (κ2) is 7.26. The largest absolute Gasteiger partial charge is 0.469 e. The topological polar surface area (TPSA) is 72.6 Å². The second-order valence-corrected chi connectivity index (χ2v) is 6.46. The molecule has 0 radical (unpaired) electrons. The van der Waals surface area contributed by atoms with Crippen LogP contribution in [0.1, 0.15) is 28.4 Å². The number of carbonyl (C=O) groups excluding carboxylic acids is 2. The molecular formula is C21H17FN2O4. The van der Waals surface area contributed by atoms with Gasteiger partial charge in [-0.05, 0) is 42.3 Å². The minimum absolute atomic E-state index is 0.144. The van der Waals surface area contributed by atoms with Gasteiger partial charge in [0.1, 0.15) is 5.82 Å². The Balaban J connectivity index is 1.63. The molecule has 0 saturated carbocycles. The number of halogens is 1. The zero-order valence-electron chi connectivity index (χ0n) is 15.1. The van der Waals surface area contributed by atoms with Crippen LogP contribution in [-0.2, 0) is 9.53 Å². The lowest BCUT2D eigenvalue weighted by Gasteiger charge is -2.32. The quantitative estimate of drug-likeness (QED) is 0.647. The zero-order chi connectivity index (χ0) is 19.7. The van der Waals surface area contributed by atoms with Crippen LogP contribution in [0.2, 0.25) is 0 Å². The highest BCUT2D eigenvalue weighted by molar-refractivity contribution is 6.06. The summed E-state index contributed by atoms with van der Waals surface area (Å²) in [6, 6.07) is 14.5. The first-order chi connectivity index (χ1) is 13.6. The number of esters is 1. The molecule has 3 aromatic rings. The molecule has 0 aliphatic carbocycles. The fraction of sp³-hybridized carbons (Fsp3) is 0.190. The molecular weight excluding hydrogens is 363 g/mol. The number of hydrogen-bond donors (Lipinski definition) is 0. The number of anilines is 1. The molecule has 1 amide bonds. The maximum absolute atomic E-state index is 13.1. The molecule has 6 nitrogen and oxygen atoms in total. The number of fused-ring (bicyclic) bond motifs is 1. The lowest BCUT2D eigenvalue weighted by atomic mass is 9.89. The smallest absolute Gasteiger partial charge is 0.313 e. The monoisotopic (exact) mass is 380 g/mol. The minimum Gasteiger partial charge on any atom is -0.469 e. The molecule has 142 valence electrons. The number of benzene rings is 2. The van der Waals surface area contributed by atoms with Crippen molar-refractivity contribution in [3.63, 3.8) is 0 Å². The third kappa shape index (κ3) is 3.15. The predicted molar refractivity (Wildman–Crippen MR) is 99.4 cm³/mol. The molecule has 28 heavy (non-hydrogen) atoms. The van der Waals surface area contributed by atoms with Crippen LogP contribution in [-0.4, -0.2) is 30.7 Å². The molecule has 0 N–H and O–H groups in total. The summed E-state index contributed by atoms with van der Waals surface area (Å²) in [5, 5.41) is 3.88. The van der Waals surface area contributed by atoms with Crippen LogP contribution >= 0.6 is 0 Å². The Hall–Kier alpha value is -3.48. The molecule has 0 fully saturated rings. The number of nitrogens with zero attached hydrogens (tertiary/aromatic N) is 2. The fourth-order valence-corrected chi connectivity index (χ4v) is 3.42. The first kappa shape index (κ1) is 17.9. The van der Waals surface area contributed by atoms with Gasteiger partial charge < -0.3 is 14.2 Å². The number of para-hydroxylation sites is 1. The summed E-state index contributed by atoms with van der Waals surface area (Å²) in [5.41, 5.74) is 2.17. The number of carbonyl (C=O) groups is 2. The number of amides is 1. The summed E-state index contributed by atoms with van der Waals surface area (Å²) in [5.74, 6) is -1.03. The third-order valence-electron chi connectivity index (χ3n) is 4.83. The first-order valence-electron chi connectivity index (χ1n) is 8.80. The first-order valence-corrected chi connectivity index (χ1v) is 8.80. The Morgan fingerprint density at radius 1 is 1.18 bits per heavy atom. The van der Waals surface area contributed by atoms with Crippen molar-refractivity contribution in [3.8, 4) is 11.3 Å². The van der Waals surface area contributed by atoms with E-state index < -0.39 is 5.92 Å². The van der Waals surface area contributed by atoms with Gasteiger partial charge in [0.15, 0.2) is 11.5 Å². The van der Waals surface area contributed by atoms with Gasteiger partial charge >= 0.3 is 5.97 Å². The minimum atomic E-state index is -0.405. The van der Waals surface area contributed by atoms with Crippen molar-refractivity contribution < 1.29 is 23.2 Å². The van der Waals surface area contributed by atoms with Crippen LogP contribution in [0.4, 0.5) is 10.1 Å². The van der Waals surface area contributed by atoms with Crippen molar-refractivity contribution in [2.45, 2.75) is 12.3 Å². The van der Waals surface area contributed by atoms with Crippen LogP contribution in [0.15, 0.2) is 59.1 Å². The highest BCUT2D eigenvalue weighted by Gasteiger charge is 2.34. The summed E-state index contributed by atoms with van der Waals surface area (Å²) in [7, 11) is 1.36. The van der Waals surface area contributed by atoms with E-state index in [9.17, 15) is 14.0 Å². The van der Waals surface area contributed by atoms with Crippen molar-refractivity contribution >= 4 is 17.6 Å². The standard InChI is InChI=1S/C21H17FN2O4/c1-27-21(26)16-10-11-24(18-5-3-2-4-15(16)18)20(25)17-12-19(28-23-17)13-6-8-14(22)9-7-13/h2-9,12,16H,10-11H2,1H3/t16-/m0/s1. The van der Waals surface area contributed by atoms with Gasteiger partial charge in [0.05, 0.1) is 13.0 Å². The van der Waals surface area contributed by atoms with Crippen molar-refractivity contribution in [1.82, 2.24) is 5.16 Å². The predicted octanol–water partition coefficient (Wildman–Crippen LogP) is 3.79. The molecule has 4 rings (SSSR count). The molecule has 1 aromatic heterocycles. The van der Waals surface area contributed by atoms with Crippen molar-refractivity contribution in [1.29, 1.82) is 0 Å². The van der Waals surface area contributed by atoms with Crippen molar-refractivity contribution in [3.05, 3.63) is 71.7 Å². The fourth-order valence-electron chi connectivity index (χ4n) is 3.42. The lowest BCUT2D eigenvalue weighted by molar-refractivity contribution is -0.142. The summed E-state index contributed by atoms with van der Waals surface area (Å²) in [6.45, 7) is 0.356. The number of rotatable bonds is 3. The molecule has 7 heteroatoms. The average Bonchev–Trinajstić information content (AvgIpc) is 3.22. The van der Waals surface area contributed by atoms with E-state index >= 15 is 0 Å². The number of hydrogen-bond acceptors (Lipinski definition) is 5. The van der Waals surface area contributed by atoms with Crippen LogP contribution in [0.5, 0.6) is 0 Å². The van der Waals surface area contributed by atoms with E-state index in [-0.39, 0.29) is 23.4 Å². The highest BCUT2D eigenvalue weighted by atomic mass is 19.1. The summed E-state index contributed by atoms with van der Waals surface area (Å²) < 4.78 is 23.3. The molecule has 1 atom stereocenters. The summed E-state index contributed by atoms with van der Waals surface area (Å²) >= 11 is 0. The number of ether oxygens (including phenoxy) is 1. The van der Waals surface area contributed by atoms with Gasteiger partial charge in [0.25, 0.3) is 5.91 Å². The van der Waals surface area contributed by atoms with Gasteiger partial charge in [-0.3, -0.25) is 9.59 Å².